The maximum atomic E-state index is 13.5. The normalized spacial score (nSPS) is 10.5. The van der Waals surface area contributed by atoms with Gasteiger partial charge < -0.3 is 0 Å². The lowest BCUT2D eigenvalue weighted by Gasteiger charge is -2.03. The van der Waals surface area contributed by atoms with E-state index in [1.165, 1.54) is 6.07 Å². The molecular weight excluding hydrogens is 247 g/mol. The summed E-state index contributed by atoms with van der Waals surface area (Å²) in [6.45, 7) is 0. The Morgan fingerprint density at radius 3 is 2.64 bits per heavy atom. The molecule has 0 N–H and O–H groups in total. The Balaban J connectivity index is 2.66. The number of halogens is 2. The molecule has 0 radical (unpaired) electrons. The summed E-state index contributed by atoms with van der Waals surface area (Å²) in [5.74, 6) is -0.239. The lowest BCUT2D eigenvalue weighted by atomic mass is 10.1. The second-order valence-corrected chi connectivity index (χ2v) is 3.80. The second-order valence-electron chi connectivity index (χ2n) is 2.94. The Morgan fingerprint density at radius 1 is 1.36 bits per heavy atom. The molecule has 72 valence electrons. The fourth-order valence-electron chi connectivity index (χ4n) is 1.37. The SMILES string of the molecule is Cn1ncc(Br)c1-c1ccccc1F. The van der Waals surface area contributed by atoms with Gasteiger partial charge in [-0.05, 0) is 28.1 Å². The van der Waals surface area contributed by atoms with Crippen LogP contribution in [-0.2, 0) is 7.05 Å². The first kappa shape index (κ1) is 9.40. The van der Waals surface area contributed by atoms with Crippen LogP contribution in [0.25, 0.3) is 11.3 Å². The minimum atomic E-state index is -0.239. The molecule has 1 aromatic carbocycles. The molecule has 0 amide bonds. The molecule has 2 nitrogen and oxygen atoms in total. The molecule has 2 rings (SSSR count). The second kappa shape index (κ2) is 3.53. The highest BCUT2D eigenvalue weighted by Gasteiger charge is 2.11. The molecule has 14 heavy (non-hydrogen) atoms. The number of nitrogens with zero attached hydrogens (tertiary/aromatic N) is 2. The van der Waals surface area contributed by atoms with Crippen molar-refractivity contribution in [2.45, 2.75) is 0 Å². The molecule has 0 fully saturated rings. The minimum Gasteiger partial charge on any atom is -0.267 e. The first-order valence-corrected chi connectivity index (χ1v) is 4.92. The third kappa shape index (κ3) is 1.46. The number of aromatic nitrogens is 2. The van der Waals surface area contributed by atoms with Gasteiger partial charge in [0.1, 0.15) is 5.82 Å². The Hall–Kier alpha value is -1.16. The van der Waals surface area contributed by atoms with Crippen LogP contribution in [0.3, 0.4) is 0 Å². The van der Waals surface area contributed by atoms with Crippen molar-refractivity contribution in [1.82, 2.24) is 9.78 Å². The van der Waals surface area contributed by atoms with Crippen LogP contribution < -0.4 is 0 Å². The molecule has 0 unspecified atom stereocenters. The van der Waals surface area contributed by atoms with E-state index in [1.807, 2.05) is 0 Å². The maximum absolute atomic E-state index is 13.5. The van der Waals surface area contributed by atoms with E-state index >= 15 is 0 Å². The first-order valence-electron chi connectivity index (χ1n) is 4.12. The summed E-state index contributed by atoms with van der Waals surface area (Å²) < 4.78 is 15.9. The fourth-order valence-corrected chi connectivity index (χ4v) is 1.93. The van der Waals surface area contributed by atoms with Crippen molar-refractivity contribution < 1.29 is 4.39 Å². The molecule has 0 atom stereocenters. The van der Waals surface area contributed by atoms with Crippen molar-refractivity contribution in [3.05, 3.63) is 40.8 Å². The van der Waals surface area contributed by atoms with Gasteiger partial charge >= 0.3 is 0 Å². The van der Waals surface area contributed by atoms with Crippen LogP contribution in [0.5, 0.6) is 0 Å². The average molecular weight is 255 g/mol. The van der Waals surface area contributed by atoms with E-state index in [4.69, 9.17) is 0 Å². The van der Waals surface area contributed by atoms with Gasteiger partial charge in [-0.15, -0.1) is 0 Å². The van der Waals surface area contributed by atoms with Gasteiger partial charge in [-0.25, -0.2) is 4.39 Å². The predicted octanol–water partition coefficient (Wildman–Crippen LogP) is 2.99. The van der Waals surface area contributed by atoms with Gasteiger partial charge in [0, 0.05) is 12.6 Å². The third-order valence-electron chi connectivity index (χ3n) is 2.02. The van der Waals surface area contributed by atoms with Crippen LogP contribution >= 0.6 is 15.9 Å². The van der Waals surface area contributed by atoms with Gasteiger partial charge in [0.25, 0.3) is 0 Å². The molecule has 1 heterocycles. The van der Waals surface area contributed by atoms with Gasteiger partial charge in [-0.1, -0.05) is 12.1 Å². The van der Waals surface area contributed by atoms with Gasteiger partial charge in [0.2, 0.25) is 0 Å². The van der Waals surface area contributed by atoms with Gasteiger partial charge in [-0.3, -0.25) is 4.68 Å². The van der Waals surface area contributed by atoms with Crippen molar-refractivity contribution in [2.24, 2.45) is 7.05 Å². The smallest absolute Gasteiger partial charge is 0.132 e. The van der Waals surface area contributed by atoms with Crippen molar-refractivity contribution >= 4 is 15.9 Å². The zero-order valence-corrected chi connectivity index (χ0v) is 9.12. The molecule has 2 aromatic rings. The monoisotopic (exact) mass is 254 g/mol. The number of benzene rings is 1. The van der Waals surface area contributed by atoms with Gasteiger partial charge in [0.05, 0.1) is 16.4 Å². The van der Waals surface area contributed by atoms with Crippen LogP contribution in [0.4, 0.5) is 4.39 Å². The van der Waals surface area contributed by atoms with Crippen molar-refractivity contribution in [3.63, 3.8) is 0 Å². The maximum Gasteiger partial charge on any atom is 0.132 e. The standard InChI is InChI=1S/C10H8BrFN2/c1-14-10(8(11)6-13-14)7-4-2-3-5-9(7)12/h2-6H,1H3. The van der Waals surface area contributed by atoms with E-state index in [2.05, 4.69) is 21.0 Å². The summed E-state index contributed by atoms with van der Waals surface area (Å²) in [5, 5.41) is 4.04. The molecule has 0 saturated heterocycles. The summed E-state index contributed by atoms with van der Waals surface area (Å²) in [6.07, 6.45) is 1.65. The fraction of sp³-hybridized carbons (Fsp3) is 0.100. The number of rotatable bonds is 1. The molecular formula is C10H8BrFN2. The summed E-state index contributed by atoms with van der Waals surface area (Å²) in [7, 11) is 1.78. The lowest BCUT2D eigenvalue weighted by Crippen LogP contribution is -1.95. The molecule has 0 aliphatic carbocycles. The van der Waals surface area contributed by atoms with E-state index < -0.39 is 0 Å². The molecule has 0 spiro atoms. The van der Waals surface area contributed by atoms with E-state index in [9.17, 15) is 4.39 Å². The Morgan fingerprint density at radius 2 is 2.07 bits per heavy atom. The van der Waals surface area contributed by atoms with Crippen LogP contribution in [0.1, 0.15) is 0 Å². The third-order valence-corrected chi connectivity index (χ3v) is 2.60. The Bertz CT molecular complexity index is 445. The Labute approximate surface area is 89.5 Å². The summed E-state index contributed by atoms with van der Waals surface area (Å²) in [4.78, 5) is 0. The molecule has 1 aromatic heterocycles. The van der Waals surface area contributed by atoms with Crippen LogP contribution in [-0.4, -0.2) is 9.78 Å². The highest BCUT2D eigenvalue weighted by Crippen LogP contribution is 2.28. The highest BCUT2D eigenvalue weighted by atomic mass is 79.9. The van der Waals surface area contributed by atoms with Gasteiger partial charge in [-0.2, -0.15) is 5.10 Å². The lowest BCUT2D eigenvalue weighted by molar-refractivity contribution is 0.628. The molecule has 0 aliphatic heterocycles. The molecule has 0 bridgehead atoms. The first-order chi connectivity index (χ1) is 6.70. The van der Waals surface area contributed by atoms with E-state index in [0.29, 0.717) is 5.56 Å². The van der Waals surface area contributed by atoms with Crippen LogP contribution in [0.2, 0.25) is 0 Å². The predicted molar refractivity (Wildman–Crippen MR) is 56.3 cm³/mol. The summed E-state index contributed by atoms with van der Waals surface area (Å²) in [5.41, 5.74) is 1.31. The quantitative estimate of drug-likeness (QED) is 0.765. The zero-order chi connectivity index (χ0) is 10.1. The highest BCUT2D eigenvalue weighted by molar-refractivity contribution is 9.10. The molecule has 0 saturated carbocycles. The summed E-state index contributed by atoms with van der Waals surface area (Å²) in [6, 6.07) is 6.65. The number of hydrogen-bond donors (Lipinski definition) is 0. The van der Waals surface area contributed by atoms with Crippen LogP contribution in [0, 0.1) is 5.82 Å². The average Bonchev–Trinajstić information content (AvgIpc) is 2.48. The minimum absolute atomic E-state index is 0.239. The van der Waals surface area contributed by atoms with Crippen LogP contribution in [0.15, 0.2) is 34.9 Å². The van der Waals surface area contributed by atoms with E-state index in [1.54, 1.807) is 36.1 Å². The number of aryl methyl sites for hydroxylation is 1. The molecule has 0 aliphatic rings. The molecule has 4 heteroatoms. The van der Waals surface area contributed by atoms with Crippen molar-refractivity contribution in [3.8, 4) is 11.3 Å². The van der Waals surface area contributed by atoms with Gasteiger partial charge in [0.15, 0.2) is 0 Å². The van der Waals surface area contributed by atoms with Crippen molar-refractivity contribution in [1.29, 1.82) is 0 Å². The van der Waals surface area contributed by atoms with E-state index in [-0.39, 0.29) is 5.82 Å². The van der Waals surface area contributed by atoms with Crippen molar-refractivity contribution in [2.75, 3.05) is 0 Å². The largest absolute Gasteiger partial charge is 0.267 e. The Kier molecular flexibility index (Phi) is 2.37. The number of hydrogen-bond acceptors (Lipinski definition) is 1. The zero-order valence-electron chi connectivity index (χ0n) is 7.54. The van der Waals surface area contributed by atoms with E-state index in [0.717, 1.165) is 10.2 Å². The topological polar surface area (TPSA) is 17.8 Å². The summed E-state index contributed by atoms with van der Waals surface area (Å²) >= 11 is 3.34.